The fourth-order valence-electron chi connectivity index (χ4n) is 1.56. The molecule has 14 heavy (non-hydrogen) atoms. The van der Waals surface area contributed by atoms with E-state index in [0.717, 1.165) is 13.1 Å². The molecule has 0 aromatic carbocycles. The van der Waals surface area contributed by atoms with Crippen LogP contribution in [0.1, 0.15) is 10.5 Å². The van der Waals surface area contributed by atoms with E-state index >= 15 is 0 Å². The number of nitrogens with zero attached hydrogens (tertiary/aromatic N) is 2. The van der Waals surface area contributed by atoms with Crippen LogP contribution in [-0.2, 0) is 4.74 Å². The molecule has 0 saturated carbocycles. The van der Waals surface area contributed by atoms with Gasteiger partial charge in [0.2, 0.25) is 0 Å². The van der Waals surface area contributed by atoms with Gasteiger partial charge in [-0.25, -0.2) is 4.79 Å². The lowest BCUT2D eigenvalue weighted by Gasteiger charge is -2.30. The van der Waals surface area contributed by atoms with Crippen molar-refractivity contribution in [3.63, 3.8) is 0 Å². The topological polar surface area (TPSA) is 54.7 Å². The number of aromatic carboxylic acids is 1. The van der Waals surface area contributed by atoms with Gasteiger partial charge >= 0.3 is 5.97 Å². The summed E-state index contributed by atoms with van der Waals surface area (Å²) in [4.78, 5) is 10.8. The third kappa shape index (κ3) is 1.58. The second kappa shape index (κ2) is 3.71. The van der Waals surface area contributed by atoms with Gasteiger partial charge in [0, 0.05) is 6.20 Å². The molecule has 1 aromatic rings. The standard InChI is InChI=1S/C9H12N2O3/c12-9(13)8-2-1-3-11(8)10-4-6-14-7-5-10/h1-3H,4-7H2,(H,12,13). The molecule has 0 bridgehead atoms. The summed E-state index contributed by atoms with van der Waals surface area (Å²) >= 11 is 0. The van der Waals surface area contributed by atoms with Crippen LogP contribution in [0.25, 0.3) is 0 Å². The maximum absolute atomic E-state index is 10.8. The zero-order valence-electron chi connectivity index (χ0n) is 7.72. The van der Waals surface area contributed by atoms with Crippen molar-refractivity contribution >= 4 is 5.97 Å². The lowest BCUT2D eigenvalue weighted by Crippen LogP contribution is -2.44. The van der Waals surface area contributed by atoms with Crippen molar-refractivity contribution in [2.24, 2.45) is 0 Å². The van der Waals surface area contributed by atoms with E-state index in [1.54, 1.807) is 23.0 Å². The fraction of sp³-hybridized carbons (Fsp3) is 0.444. The smallest absolute Gasteiger partial charge is 0.354 e. The van der Waals surface area contributed by atoms with E-state index in [1.165, 1.54) is 0 Å². The van der Waals surface area contributed by atoms with E-state index in [4.69, 9.17) is 9.84 Å². The summed E-state index contributed by atoms with van der Waals surface area (Å²) in [5.74, 6) is -0.901. The number of carboxylic acids is 1. The van der Waals surface area contributed by atoms with Gasteiger partial charge in [0.05, 0.1) is 26.3 Å². The Morgan fingerprint density at radius 2 is 2.14 bits per heavy atom. The Balaban J connectivity index is 2.21. The third-order valence-corrected chi connectivity index (χ3v) is 2.24. The van der Waals surface area contributed by atoms with Crippen molar-refractivity contribution in [1.29, 1.82) is 0 Å². The second-order valence-corrected chi connectivity index (χ2v) is 3.11. The molecule has 0 unspecified atom stereocenters. The van der Waals surface area contributed by atoms with Crippen LogP contribution >= 0.6 is 0 Å². The van der Waals surface area contributed by atoms with E-state index in [2.05, 4.69) is 0 Å². The predicted octanol–water partition coefficient (Wildman–Crippen LogP) is 0.155. The summed E-state index contributed by atoms with van der Waals surface area (Å²) in [5.41, 5.74) is 0.298. The zero-order valence-corrected chi connectivity index (χ0v) is 7.72. The number of rotatable bonds is 2. The van der Waals surface area contributed by atoms with Gasteiger partial charge < -0.3 is 14.9 Å². The highest BCUT2D eigenvalue weighted by Gasteiger charge is 2.16. The van der Waals surface area contributed by atoms with Crippen molar-refractivity contribution in [2.45, 2.75) is 0 Å². The average molecular weight is 196 g/mol. The van der Waals surface area contributed by atoms with E-state index < -0.39 is 5.97 Å². The monoisotopic (exact) mass is 196 g/mol. The SMILES string of the molecule is O=C(O)c1cccn1N1CCOCC1. The van der Waals surface area contributed by atoms with Crippen LogP contribution in [-0.4, -0.2) is 42.1 Å². The van der Waals surface area contributed by atoms with E-state index in [0.29, 0.717) is 18.9 Å². The summed E-state index contributed by atoms with van der Waals surface area (Å²) in [6.07, 6.45) is 1.76. The Hall–Kier alpha value is -1.49. The van der Waals surface area contributed by atoms with Crippen molar-refractivity contribution in [1.82, 2.24) is 4.68 Å². The fourth-order valence-corrected chi connectivity index (χ4v) is 1.56. The Morgan fingerprint density at radius 1 is 1.43 bits per heavy atom. The molecule has 1 N–H and O–H groups in total. The van der Waals surface area contributed by atoms with Crippen molar-refractivity contribution < 1.29 is 14.6 Å². The highest BCUT2D eigenvalue weighted by molar-refractivity contribution is 5.85. The summed E-state index contributed by atoms with van der Waals surface area (Å²) in [6, 6.07) is 3.33. The first-order valence-electron chi connectivity index (χ1n) is 4.52. The first kappa shape index (κ1) is 9.08. The largest absolute Gasteiger partial charge is 0.477 e. The number of morpholine rings is 1. The van der Waals surface area contributed by atoms with Gasteiger partial charge in [0.1, 0.15) is 5.69 Å². The lowest BCUT2D eigenvalue weighted by atomic mass is 10.4. The van der Waals surface area contributed by atoms with Crippen LogP contribution < -0.4 is 5.01 Å². The maximum Gasteiger partial charge on any atom is 0.354 e. The van der Waals surface area contributed by atoms with E-state index in [9.17, 15) is 4.79 Å². The molecule has 1 aliphatic heterocycles. The molecule has 1 saturated heterocycles. The van der Waals surface area contributed by atoms with Gasteiger partial charge in [-0.3, -0.25) is 4.68 Å². The number of carbonyl (C=O) groups is 1. The number of aromatic nitrogens is 1. The molecule has 0 atom stereocenters. The van der Waals surface area contributed by atoms with Crippen molar-refractivity contribution in [3.8, 4) is 0 Å². The van der Waals surface area contributed by atoms with Crippen LogP contribution in [0.4, 0.5) is 0 Å². The quantitative estimate of drug-likeness (QED) is 0.731. The average Bonchev–Trinajstić information content (AvgIpc) is 2.67. The number of hydrogen-bond acceptors (Lipinski definition) is 3. The molecule has 0 aliphatic carbocycles. The summed E-state index contributed by atoms with van der Waals surface area (Å²) in [6.45, 7) is 2.76. The second-order valence-electron chi connectivity index (χ2n) is 3.11. The molecule has 2 heterocycles. The molecule has 0 amide bonds. The minimum Gasteiger partial charge on any atom is -0.477 e. The lowest BCUT2D eigenvalue weighted by molar-refractivity contribution is 0.0677. The van der Waals surface area contributed by atoms with Crippen LogP contribution in [0.3, 0.4) is 0 Å². The summed E-state index contributed by atoms with van der Waals surface area (Å²) in [7, 11) is 0. The van der Waals surface area contributed by atoms with Gasteiger partial charge in [-0.1, -0.05) is 0 Å². The van der Waals surface area contributed by atoms with Gasteiger partial charge in [-0.15, -0.1) is 0 Å². The highest BCUT2D eigenvalue weighted by atomic mass is 16.5. The first-order valence-corrected chi connectivity index (χ1v) is 4.52. The molecular weight excluding hydrogens is 184 g/mol. The van der Waals surface area contributed by atoms with Crippen molar-refractivity contribution in [2.75, 3.05) is 31.3 Å². The molecule has 5 nitrogen and oxygen atoms in total. The van der Waals surface area contributed by atoms with Crippen LogP contribution in [0.2, 0.25) is 0 Å². The highest BCUT2D eigenvalue weighted by Crippen LogP contribution is 2.05. The molecule has 1 aromatic heterocycles. The predicted molar refractivity (Wildman–Crippen MR) is 50.2 cm³/mol. The number of carboxylic acid groups (broad SMARTS) is 1. The Bertz CT molecular complexity index is 329. The van der Waals surface area contributed by atoms with Crippen LogP contribution in [0.15, 0.2) is 18.3 Å². The number of ether oxygens (including phenoxy) is 1. The minimum atomic E-state index is -0.901. The van der Waals surface area contributed by atoms with Gasteiger partial charge in [0.25, 0.3) is 0 Å². The maximum atomic E-state index is 10.8. The molecular formula is C9H12N2O3. The Kier molecular flexibility index (Phi) is 2.41. The molecule has 5 heteroatoms. The molecule has 76 valence electrons. The number of hydrogen-bond donors (Lipinski definition) is 1. The first-order chi connectivity index (χ1) is 6.79. The van der Waals surface area contributed by atoms with Crippen LogP contribution in [0, 0.1) is 0 Å². The normalized spacial score (nSPS) is 17.0. The van der Waals surface area contributed by atoms with Gasteiger partial charge in [-0.05, 0) is 12.1 Å². The molecule has 1 aliphatic rings. The van der Waals surface area contributed by atoms with E-state index in [-0.39, 0.29) is 0 Å². The van der Waals surface area contributed by atoms with E-state index in [1.807, 2.05) is 5.01 Å². The van der Waals surface area contributed by atoms with Crippen LogP contribution in [0.5, 0.6) is 0 Å². The molecule has 0 spiro atoms. The summed E-state index contributed by atoms with van der Waals surface area (Å²) < 4.78 is 6.87. The minimum absolute atomic E-state index is 0.298. The van der Waals surface area contributed by atoms with Gasteiger partial charge in [-0.2, -0.15) is 0 Å². The summed E-state index contributed by atoms with van der Waals surface area (Å²) in [5, 5.41) is 10.9. The Labute approximate surface area is 81.5 Å². The third-order valence-electron chi connectivity index (χ3n) is 2.24. The molecule has 1 fully saturated rings. The zero-order chi connectivity index (χ0) is 9.97. The van der Waals surface area contributed by atoms with Crippen molar-refractivity contribution in [3.05, 3.63) is 24.0 Å². The molecule has 0 radical (unpaired) electrons. The molecule has 2 rings (SSSR count). The van der Waals surface area contributed by atoms with Gasteiger partial charge in [0.15, 0.2) is 0 Å². The Morgan fingerprint density at radius 3 is 2.79 bits per heavy atom.